The van der Waals surface area contributed by atoms with Gasteiger partial charge in [0.25, 0.3) is 0 Å². The Hall–Kier alpha value is -3.77. The smallest absolute Gasteiger partial charge is 0.509 e. The molecule has 7 rings (SSSR count). The third-order valence-corrected chi connectivity index (χ3v) is 9.66. The van der Waals surface area contributed by atoms with Gasteiger partial charge >= 0.3 is 21.1 Å². The normalized spacial score (nSPS) is 11.6. The molecule has 0 saturated heterocycles. The first-order valence-electron chi connectivity index (χ1n) is 15.1. The van der Waals surface area contributed by atoms with Crippen LogP contribution in [-0.2, 0) is 26.5 Å². The Balaban J connectivity index is 0.00000386. The van der Waals surface area contributed by atoms with Crippen molar-refractivity contribution in [2.45, 2.75) is 42.9 Å². The third kappa shape index (κ3) is 6.41. The van der Waals surface area contributed by atoms with E-state index in [1.807, 2.05) is 41.3 Å². The van der Waals surface area contributed by atoms with Crippen LogP contribution in [0.3, 0.4) is 0 Å². The molecule has 7 aromatic rings. The van der Waals surface area contributed by atoms with Gasteiger partial charge in [-0.2, -0.15) is 17.2 Å². The van der Waals surface area contributed by atoms with Crippen LogP contribution in [0.1, 0.15) is 31.9 Å². The van der Waals surface area contributed by atoms with Crippen molar-refractivity contribution in [3.05, 3.63) is 121 Å². The average molecular weight is 834 g/mol. The van der Waals surface area contributed by atoms with Crippen molar-refractivity contribution in [2.75, 3.05) is 12.5 Å². The van der Waals surface area contributed by atoms with Gasteiger partial charge in [0.1, 0.15) is 5.82 Å². The Morgan fingerprint density at radius 1 is 0.809 bits per heavy atom. The van der Waals surface area contributed by atoms with Gasteiger partial charge in [0.05, 0.1) is 6.20 Å². The topological polar surface area (TPSA) is 44.9 Å². The maximum absolute atomic E-state index is 6.40. The molecule has 0 bridgehead atoms. The molecule has 0 aliphatic rings. The van der Waals surface area contributed by atoms with Gasteiger partial charge in [0.2, 0.25) is 0 Å². The van der Waals surface area contributed by atoms with E-state index in [1.54, 1.807) is 23.5 Å². The van der Waals surface area contributed by atoms with Crippen LogP contribution in [0, 0.1) is 19.1 Å². The fourth-order valence-electron chi connectivity index (χ4n) is 5.84. The quantitative estimate of drug-likeness (QED) is 0.118. The molecule has 3 aromatic heterocycles. The van der Waals surface area contributed by atoms with Crippen molar-refractivity contribution in [3.63, 3.8) is 0 Å². The SMILES string of the molecule is CSc1cc(C)cc(SC)c1-c1cnn(-c2[c-]c(Oc3[c-]c4c(cc3)c3ccccc3n4-c3cc(C(C)(C)C)ccn3)ccc2)c1.[Pt+2]. The number of hydrogen-bond acceptors (Lipinski definition) is 5. The summed E-state index contributed by atoms with van der Waals surface area (Å²) in [5.74, 6) is 2.05. The summed E-state index contributed by atoms with van der Waals surface area (Å²) in [6.45, 7) is 8.80. The van der Waals surface area contributed by atoms with Crippen molar-refractivity contribution in [1.29, 1.82) is 0 Å². The Labute approximate surface area is 299 Å². The van der Waals surface area contributed by atoms with Crippen LogP contribution in [0.25, 0.3) is 44.4 Å². The van der Waals surface area contributed by atoms with Crippen molar-refractivity contribution in [3.8, 4) is 34.1 Å². The zero-order valence-electron chi connectivity index (χ0n) is 27.1. The van der Waals surface area contributed by atoms with E-state index in [2.05, 4.69) is 118 Å². The number of pyridine rings is 1. The number of fused-ring (bicyclic) bond motifs is 3. The second-order valence-electron chi connectivity index (χ2n) is 12.3. The average Bonchev–Trinajstić information content (AvgIpc) is 3.67. The van der Waals surface area contributed by atoms with E-state index >= 15 is 0 Å². The molecule has 0 atom stereocenters. The van der Waals surface area contributed by atoms with E-state index in [4.69, 9.17) is 14.8 Å². The predicted octanol–water partition coefficient (Wildman–Crippen LogP) is 10.5. The summed E-state index contributed by atoms with van der Waals surface area (Å²) in [4.78, 5) is 7.28. The maximum atomic E-state index is 6.40. The minimum Gasteiger partial charge on any atom is -0.509 e. The molecular formula is C39H34N4OPtS2. The second-order valence-corrected chi connectivity index (χ2v) is 14.0. The zero-order valence-corrected chi connectivity index (χ0v) is 31.0. The number of ether oxygens (including phenoxy) is 1. The number of hydrogen-bond donors (Lipinski definition) is 0. The van der Waals surface area contributed by atoms with Crippen LogP contribution in [0.2, 0.25) is 0 Å². The summed E-state index contributed by atoms with van der Waals surface area (Å²) in [5.41, 5.74) is 7.56. The first kappa shape index (κ1) is 33.1. The minimum absolute atomic E-state index is 0. The Kier molecular flexibility index (Phi) is 9.44. The standard InChI is InChI=1S/C39H34N4OS2.Pt/c1-25-18-35(45-5)38(36(19-25)46-6)26-23-41-42(24-26)28-10-9-11-29(21-28)44-30-14-15-32-31-12-7-8-13-33(31)43(34(32)22-30)37-20-27(16-17-40-37)39(2,3)4;/h7-20,23-24H,1-6H3;/q-2;+2. The van der Waals surface area contributed by atoms with Gasteiger partial charge in [-0.25, -0.2) is 4.98 Å². The van der Waals surface area contributed by atoms with E-state index in [0.717, 1.165) is 38.9 Å². The van der Waals surface area contributed by atoms with E-state index in [-0.39, 0.29) is 26.5 Å². The van der Waals surface area contributed by atoms with Crippen LogP contribution < -0.4 is 4.74 Å². The summed E-state index contributed by atoms with van der Waals surface area (Å²) >= 11 is 3.52. The molecule has 8 heteroatoms. The number of thioether (sulfide) groups is 2. The molecule has 0 fully saturated rings. The minimum atomic E-state index is -0.000724. The molecule has 0 saturated carbocycles. The Morgan fingerprint density at radius 2 is 1.55 bits per heavy atom. The summed E-state index contributed by atoms with van der Waals surface area (Å²) < 4.78 is 10.4. The molecule has 0 unspecified atom stereocenters. The molecule has 238 valence electrons. The van der Waals surface area contributed by atoms with Crippen molar-refractivity contribution in [2.24, 2.45) is 0 Å². The monoisotopic (exact) mass is 833 g/mol. The van der Waals surface area contributed by atoms with Gasteiger partial charge in [-0.05, 0) is 77.4 Å². The van der Waals surface area contributed by atoms with Crippen molar-refractivity contribution in [1.82, 2.24) is 19.3 Å². The van der Waals surface area contributed by atoms with Gasteiger partial charge in [-0.1, -0.05) is 44.5 Å². The van der Waals surface area contributed by atoms with Gasteiger partial charge in [0, 0.05) is 50.3 Å². The van der Waals surface area contributed by atoms with Gasteiger partial charge in [-0.15, -0.1) is 59.2 Å². The van der Waals surface area contributed by atoms with E-state index < -0.39 is 0 Å². The fraction of sp³-hybridized carbons (Fsp3) is 0.179. The first-order valence-corrected chi connectivity index (χ1v) is 17.6. The molecule has 0 radical (unpaired) electrons. The molecule has 47 heavy (non-hydrogen) atoms. The second kappa shape index (κ2) is 13.4. The Bertz CT molecular complexity index is 2210. The fourth-order valence-corrected chi connectivity index (χ4v) is 7.37. The van der Waals surface area contributed by atoms with Gasteiger partial charge in [-0.3, -0.25) is 4.68 Å². The van der Waals surface area contributed by atoms with E-state index in [1.165, 1.54) is 26.5 Å². The van der Waals surface area contributed by atoms with Crippen LogP contribution in [-0.4, -0.2) is 31.8 Å². The zero-order chi connectivity index (χ0) is 32.0. The molecule has 3 heterocycles. The molecule has 0 aliphatic heterocycles. The number of nitrogens with zero attached hydrogens (tertiary/aromatic N) is 4. The van der Waals surface area contributed by atoms with E-state index in [0.29, 0.717) is 11.5 Å². The first-order chi connectivity index (χ1) is 22.2. The molecule has 0 aliphatic carbocycles. The van der Waals surface area contributed by atoms with Crippen molar-refractivity contribution < 1.29 is 25.8 Å². The van der Waals surface area contributed by atoms with Gasteiger partial charge in [0.15, 0.2) is 0 Å². The van der Waals surface area contributed by atoms with Gasteiger partial charge < -0.3 is 9.30 Å². The number of benzene rings is 4. The summed E-state index contributed by atoms with van der Waals surface area (Å²) in [6, 6.07) is 34.0. The number of aromatic nitrogens is 4. The van der Waals surface area contributed by atoms with Crippen LogP contribution in [0.15, 0.2) is 107 Å². The predicted molar refractivity (Wildman–Crippen MR) is 192 cm³/mol. The number of aryl methyl sites for hydroxylation is 1. The Morgan fingerprint density at radius 3 is 2.30 bits per heavy atom. The number of para-hydroxylation sites is 1. The van der Waals surface area contributed by atoms with Crippen LogP contribution in [0.5, 0.6) is 11.5 Å². The van der Waals surface area contributed by atoms with Crippen LogP contribution >= 0.6 is 23.5 Å². The number of rotatable bonds is 7. The summed E-state index contributed by atoms with van der Waals surface area (Å²) in [5, 5.41) is 6.95. The molecule has 5 nitrogen and oxygen atoms in total. The summed E-state index contributed by atoms with van der Waals surface area (Å²) in [7, 11) is 0. The molecular weight excluding hydrogens is 800 g/mol. The largest absolute Gasteiger partial charge is 2.00 e. The summed E-state index contributed by atoms with van der Waals surface area (Å²) in [6.07, 6.45) is 10.1. The molecule has 0 N–H and O–H groups in total. The van der Waals surface area contributed by atoms with Crippen LogP contribution in [0.4, 0.5) is 0 Å². The van der Waals surface area contributed by atoms with Crippen molar-refractivity contribution >= 4 is 45.3 Å². The molecule has 0 spiro atoms. The maximum Gasteiger partial charge on any atom is 2.00 e. The van der Waals surface area contributed by atoms with E-state index in [9.17, 15) is 0 Å². The molecule has 4 aromatic carbocycles. The third-order valence-electron chi connectivity index (χ3n) is 8.14. The molecule has 0 amide bonds.